The van der Waals surface area contributed by atoms with E-state index < -0.39 is 11.0 Å². The highest BCUT2D eigenvalue weighted by atomic mass is 79.9. The lowest BCUT2D eigenvalue weighted by Gasteiger charge is -2.30. The maximum Gasteiger partial charge on any atom is 0.271 e. The molecule has 8 nitrogen and oxygen atoms in total. The fourth-order valence-electron chi connectivity index (χ4n) is 5.39. The van der Waals surface area contributed by atoms with Gasteiger partial charge in [0.1, 0.15) is 0 Å². The van der Waals surface area contributed by atoms with Crippen LogP contribution in [-0.4, -0.2) is 23.2 Å². The second-order valence-corrected chi connectivity index (χ2v) is 11.3. The van der Waals surface area contributed by atoms with Gasteiger partial charge in [-0.3, -0.25) is 19.5 Å². The SMILES string of the molecule is CCOc1c(Br)cc(/C=c2/sc3n(c2=O)[C@H](c2cccc([N+](=O)[O-])c2)C2=C(N=3)c3ccccc3CC2)cc1OC. The third-order valence-corrected chi connectivity index (χ3v) is 8.68. The van der Waals surface area contributed by atoms with Gasteiger partial charge < -0.3 is 9.47 Å². The Labute approximate surface area is 241 Å². The van der Waals surface area contributed by atoms with Gasteiger partial charge in [0.15, 0.2) is 16.3 Å². The summed E-state index contributed by atoms with van der Waals surface area (Å²) in [6.45, 7) is 2.38. The Morgan fingerprint density at radius 1 is 1.18 bits per heavy atom. The molecule has 0 amide bonds. The van der Waals surface area contributed by atoms with E-state index in [1.54, 1.807) is 23.8 Å². The predicted molar refractivity (Wildman–Crippen MR) is 158 cm³/mol. The summed E-state index contributed by atoms with van der Waals surface area (Å²) in [5.41, 5.74) is 5.31. The summed E-state index contributed by atoms with van der Waals surface area (Å²) in [6, 6.07) is 17.9. The lowest BCUT2D eigenvalue weighted by atomic mass is 9.83. The van der Waals surface area contributed by atoms with E-state index in [1.165, 1.54) is 23.0 Å². The maximum absolute atomic E-state index is 14.0. The lowest BCUT2D eigenvalue weighted by molar-refractivity contribution is -0.384. The molecule has 6 rings (SSSR count). The number of non-ortho nitro benzene ring substituents is 1. The molecule has 0 radical (unpaired) electrons. The fraction of sp³-hybridized carbons (Fsp3) is 0.200. The number of aryl methyl sites for hydroxylation is 1. The van der Waals surface area contributed by atoms with E-state index in [0.717, 1.165) is 28.8 Å². The molecule has 0 saturated heterocycles. The molecule has 2 heterocycles. The van der Waals surface area contributed by atoms with Crippen LogP contribution in [0.3, 0.4) is 0 Å². The molecule has 40 heavy (non-hydrogen) atoms. The molecule has 0 N–H and O–H groups in total. The average molecular weight is 619 g/mol. The van der Waals surface area contributed by atoms with E-state index in [0.29, 0.717) is 43.9 Å². The largest absolute Gasteiger partial charge is 0.493 e. The number of fused-ring (bicyclic) bond motifs is 3. The van der Waals surface area contributed by atoms with Gasteiger partial charge in [-0.25, -0.2) is 4.99 Å². The first-order valence-electron chi connectivity index (χ1n) is 12.8. The molecule has 2 aliphatic rings. The number of nitro groups is 1. The second-order valence-electron chi connectivity index (χ2n) is 9.43. The van der Waals surface area contributed by atoms with E-state index in [1.807, 2.05) is 43.3 Å². The van der Waals surface area contributed by atoms with Crippen LogP contribution in [0.15, 0.2) is 80.5 Å². The van der Waals surface area contributed by atoms with Gasteiger partial charge in [-0.15, -0.1) is 0 Å². The minimum Gasteiger partial charge on any atom is -0.493 e. The first kappa shape index (κ1) is 26.2. The van der Waals surface area contributed by atoms with E-state index in [2.05, 4.69) is 28.1 Å². The van der Waals surface area contributed by atoms with E-state index in [9.17, 15) is 14.9 Å². The Balaban J connectivity index is 1.59. The van der Waals surface area contributed by atoms with Crippen LogP contribution in [0.5, 0.6) is 11.5 Å². The summed E-state index contributed by atoms with van der Waals surface area (Å²) < 4.78 is 14.1. The molecule has 0 saturated carbocycles. The monoisotopic (exact) mass is 617 g/mol. The number of ether oxygens (including phenoxy) is 2. The van der Waals surface area contributed by atoms with Gasteiger partial charge in [0, 0.05) is 17.7 Å². The van der Waals surface area contributed by atoms with Crippen molar-refractivity contribution in [1.82, 2.24) is 4.57 Å². The number of hydrogen-bond acceptors (Lipinski definition) is 7. The van der Waals surface area contributed by atoms with Crippen molar-refractivity contribution in [3.8, 4) is 11.5 Å². The van der Waals surface area contributed by atoms with Crippen LogP contribution in [0.25, 0.3) is 11.8 Å². The zero-order valence-corrected chi connectivity index (χ0v) is 24.1. The molecule has 0 unspecified atom stereocenters. The molecule has 1 aliphatic carbocycles. The van der Waals surface area contributed by atoms with Gasteiger partial charge in [0.05, 0.1) is 39.4 Å². The minimum absolute atomic E-state index is 0.0127. The summed E-state index contributed by atoms with van der Waals surface area (Å²) in [7, 11) is 1.57. The molecule has 4 aromatic rings. The summed E-state index contributed by atoms with van der Waals surface area (Å²) in [5.74, 6) is 1.15. The zero-order chi connectivity index (χ0) is 28.0. The quantitative estimate of drug-likeness (QED) is 0.213. The average Bonchev–Trinajstić information content (AvgIpc) is 3.27. The second kappa shape index (κ2) is 10.5. The highest BCUT2D eigenvalue weighted by Crippen LogP contribution is 2.42. The summed E-state index contributed by atoms with van der Waals surface area (Å²) >= 11 is 4.86. The topological polar surface area (TPSA) is 96.0 Å². The number of benzene rings is 3. The van der Waals surface area contributed by atoms with Crippen LogP contribution in [0.4, 0.5) is 5.69 Å². The van der Waals surface area contributed by atoms with E-state index in [4.69, 9.17) is 14.5 Å². The van der Waals surface area contributed by atoms with Crippen molar-refractivity contribution in [2.45, 2.75) is 25.8 Å². The van der Waals surface area contributed by atoms with Crippen molar-refractivity contribution in [2.24, 2.45) is 4.99 Å². The van der Waals surface area contributed by atoms with Crippen LogP contribution in [0.2, 0.25) is 0 Å². The number of halogens is 1. The molecule has 1 atom stereocenters. The smallest absolute Gasteiger partial charge is 0.271 e. The highest BCUT2D eigenvalue weighted by molar-refractivity contribution is 9.10. The van der Waals surface area contributed by atoms with Crippen molar-refractivity contribution >= 4 is 44.7 Å². The Morgan fingerprint density at radius 3 is 2.77 bits per heavy atom. The molecule has 0 bridgehead atoms. The third kappa shape index (κ3) is 4.47. The van der Waals surface area contributed by atoms with Gasteiger partial charge in [-0.2, -0.15) is 0 Å². The molecule has 202 valence electrons. The Kier molecular flexibility index (Phi) is 6.89. The number of aromatic nitrogens is 1. The molecule has 0 fully saturated rings. The standard InChI is InChI=1S/C30H24BrN3O5S/c1-3-39-28-23(31)13-17(14-24(28)38-2)15-25-29(35)33-27(19-8-6-9-20(16-19)34(36)37)22-12-11-18-7-4-5-10-21(18)26(22)32-30(33)40-25/h4-10,13-16,27H,3,11-12H2,1-2H3/b25-15+/t27-/m1/s1. The summed E-state index contributed by atoms with van der Waals surface area (Å²) in [6.07, 6.45) is 3.32. The summed E-state index contributed by atoms with van der Waals surface area (Å²) in [4.78, 5) is 30.8. The number of thiazole rings is 1. The highest BCUT2D eigenvalue weighted by Gasteiger charge is 2.33. The number of nitrogens with zero attached hydrogens (tertiary/aromatic N) is 3. The zero-order valence-electron chi connectivity index (χ0n) is 21.7. The van der Waals surface area contributed by atoms with Gasteiger partial charge in [-0.1, -0.05) is 47.7 Å². The van der Waals surface area contributed by atoms with Crippen molar-refractivity contribution in [2.75, 3.05) is 13.7 Å². The van der Waals surface area contributed by atoms with Crippen LogP contribution in [0, 0.1) is 10.1 Å². The Hall–Kier alpha value is -4.02. The van der Waals surface area contributed by atoms with E-state index >= 15 is 0 Å². The molecule has 1 aliphatic heterocycles. The van der Waals surface area contributed by atoms with Crippen molar-refractivity contribution in [3.05, 3.63) is 123 Å². The molecular weight excluding hydrogens is 594 g/mol. The third-order valence-electron chi connectivity index (χ3n) is 7.11. The van der Waals surface area contributed by atoms with Crippen molar-refractivity contribution in [1.29, 1.82) is 0 Å². The van der Waals surface area contributed by atoms with Crippen LogP contribution < -0.4 is 24.4 Å². The molecule has 0 spiro atoms. The summed E-state index contributed by atoms with van der Waals surface area (Å²) in [5, 5.41) is 11.6. The van der Waals surface area contributed by atoms with Gasteiger partial charge >= 0.3 is 0 Å². The number of methoxy groups -OCH3 is 1. The number of hydrogen-bond donors (Lipinski definition) is 0. The van der Waals surface area contributed by atoms with Crippen LogP contribution >= 0.6 is 27.3 Å². The number of rotatable bonds is 6. The van der Waals surface area contributed by atoms with Gasteiger partial charge in [0.2, 0.25) is 0 Å². The maximum atomic E-state index is 14.0. The van der Waals surface area contributed by atoms with Gasteiger partial charge in [0.25, 0.3) is 11.2 Å². The van der Waals surface area contributed by atoms with Crippen molar-refractivity contribution < 1.29 is 14.4 Å². The predicted octanol–water partition coefficient (Wildman–Crippen LogP) is 5.40. The van der Waals surface area contributed by atoms with E-state index in [-0.39, 0.29) is 11.2 Å². The Morgan fingerprint density at radius 2 is 2.00 bits per heavy atom. The first-order chi connectivity index (χ1) is 19.4. The molecule has 10 heteroatoms. The number of nitro benzene ring substituents is 1. The normalized spacial score (nSPS) is 16.1. The minimum atomic E-state index is -0.497. The molecule has 1 aromatic heterocycles. The molecule has 3 aromatic carbocycles. The Bertz CT molecular complexity index is 1890. The fourth-order valence-corrected chi connectivity index (χ4v) is 6.96. The molecular formula is C30H24BrN3O5S. The first-order valence-corrected chi connectivity index (χ1v) is 14.4. The lowest BCUT2D eigenvalue weighted by Crippen LogP contribution is -2.38. The van der Waals surface area contributed by atoms with Crippen LogP contribution in [0.1, 0.15) is 41.6 Å². The van der Waals surface area contributed by atoms with Gasteiger partial charge in [-0.05, 0) is 76.2 Å². The van der Waals surface area contributed by atoms with Crippen molar-refractivity contribution in [3.63, 3.8) is 0 Å². The van der Waals surface area contributed by atoms with Crippen LogP contribution in [-0.2, 0) is 6.42 Å². The number of allylic oxidation sites excluding steroid dienone is 1.